The fourth-order valence-corrected chi connectivity index (χ4v) is 2.46. The lowest BCUT2D eigenvalue weighted by Gasteiger charge is -2.08. The molecule has 4 nitrogen and oxygen atoms in total. The monoisotopic (exact) mass is 308 g/mol. The maximum atomic E-state index is 12.1. The van der Waals surface area contributed by atoms with Crippen LogP contribution in [-0.2, 0) is 11.3 Å². The van der Waals surface area contributed by atoms with Gasteiger partial charge < -0.3 is 9.15 Å². The van der Waals surface area contributed by atoms with Gasteiger partial charge in [-0.1, -0.05) is 29.8 Å². The number of hydrogen-bond acceptors (Lipinski definition) is 4. The minimum absolute atomic E-state index is 0.0257. The maximum absolute atomic E-state index is 12.1. The number of fused-ring (bicyclic) bond motifs is 1. The number of carbonyl (C=O) groups is 1. The van der Waals surface area contributed by atoms with Gasteiger partial charge in [0.05, 0.1) is 5.56 Å². The van der Waals surface area contributed by atoms with Crippen molar-refractivity contribution in [3.8, 4) is 0 Å². The molecule has 0 fully saturated rings. The van der Waals surface area contributed by atoms with E-state index >= 15 is 0 Å². The third kappa shape index (κ3) is 3.31. The molecule has 3 aromatic rings. The molecule has 0 saturated carbocycles. The van der Waals surface area contributed by atoms with Crippen LogP contribution in [-0.4, -0.2) is 5.97 Å². The highest BCUT2D eigenvalue weighted by atomic mass is 16.5. The average molecular weight is 308 g/mol. The summed E-state index contributed by atoms with van der Waals surface area (Å²) in [5, 5.41) is 0.771. The molecule has 0 unspecified atom stereocenters. The first-order valence-corrected chi connectivity index (χ1v) is 7.30. The van der Waals surface area contributed by atoms with Crippen LogP contribution in [0.15, 0.2) is 57.7 Å². The number of ether oxygens (including phenoxy) is 1. The van der Waals surface area contributed by atoms with Crippen LogP contribution < -0.4 is 5.63 Å². The topological polar surface area (TPSA) is 56.5 Å². The normalized spacial score (nSPS) is 10.7. The fourth-order valence-electron chi connectivity index (χ4n) is 2.46. The lowest BCUT2D eigenvalue weighted by Crippen LogP contribution is -2.08. The van der Waals surface area contributed by atoms with Crippen LogP contribution in [0.25, 0.3) is 11.0 Å². The molecular formula is C19H16O4. The summed E-state index contributed by atoms with van der Waals surface area (Å²) in [7, 11) is 0. The standard InChI is InChI=1S/C19H16O4/c1-12-4-3-5-14(8-12)19(21)22-11-15-10-18(20)23-17-9-13(2)6-7-16(15)17/h3-10H,11H2,1-2H3. The predicted octanol–water partition coefficient (Wildman–Crippen LogP) is 3.77. The van der Waals surface area contributed by atoms with Gasteiger partial charge in [0.25, 0.3) is 0 Å². The Kier molecular flexibility index (Phi) is 3.98. The van der Waals surface area contributed by atoms with Gasteiger partial charge in [-0.15, -0.1) is 0 Å². The molecule has 116 valence electrons. The van der Waals surface area contributed by atoms with Gasteiger partial charge in [0.2, 0.25) is 0 Å². The van der Waals surface area contributed by atoms with Gasteiger partial charge in [-0.05, 0) is 37.6 Å². The van der Waals surface area contributed by atoms with Crippen molar-refractivity contribution in [2.75, 3.05) is 0 Å². The van der Waals surface area contributed by atoms with E-state index in [1.807, 2.05) is 32.0 Å². The smallest absolute Gasteiger partial charge is 0.338 e. The van der Waals surface area contributed by atoms with Crippen molar-refractivity contribution in [2.45, 2.75) is 20.5 Å². The highest BCUT2D eigenvalue weighted by Gasteiger charge is 2.11. The summed E-state index contributed by atoms with van der Waals surface area (Å²) in [5.41, 5.74) is 3.16. The molecule has 0 aliphatic rings. The third-order valence-electron chi connectivity index (χ3n) is 3.60. The Bertz CT molecular complexity index is 937. The van der Waals surface area contributed by atoms with Gasteiger partial charge in [0, 0.05) is 17.0 Å². The lowest BCUT2D eigenvalue weighted by atomic mass is 10.1. The summed E-state index contributed by atoms with van der Waals surface area (Å²) in [6, 6.07) is 14.1. The zero-order valence-electron chi connectivity index (χ0n) is 13.0. The fraction of sp³-hybridized carbons (Fsp3) is 0.158. The Morgan fingerprint density at radius 3 is 2.61 bits per heavy atom. The van der Waals surface area contributed by atoms with Crippen molar-refractivity contribution >= 4 is 16.9 Å². The molecule has 0 bridgehead atoms. The molecule has 2 aromatic carbocycles. The van der Waals surface area contributed by atoms with Crippen LogP contribution in [0, 0.1) is 13.8 Å². The molecule has 1 heterocycles. The van der Waals surface area contributed by atoms with Gasteiger partial charge in [0.15, 0.2) is 0 Å². The van der Waals surface area contributed by atoms with E-state index in [0.29, 0.717) is 16.7 Å². The van der Waals surface area contributed by atoms with Gasteiger partial charge in [0.1, 0.15) is 12.2 Å². The molecule has 23 heavy (non-hydrogen) atoms. The SMILES string of the molecule is Cc1cccc(C(=O)OCc2cc(=O)oc3cc(C)ccc23)c1. The third-order valence-corrected chi connectivity index (χ3v) is 3.60. The van der Waals surface area contributed by atoms with Gasteiger partial charge in [-0.25, -0.2) is 9.59 Å². The second-order valence-corrected chi connectivity index (χ2v) is 5.54. The first-order chi connectivity index (χ1) is 11.0. The first kappa shape index (κ1) is 15.0. The Labute approximate surface area is 133 Å². The van der Waals surface area contributed by atoms with Gasteiger partial charge in [-0.2, -0.15) is 0 Å². The molecule has 4 heteroatoms. The van der Waals surface area contributed by atoms with E-state index in [1.54, 1.807) is 24.3 Å². The summed E-state index contributed by atoms with van der Waals surface area (Å²) in [5.74, 6) is -0.415. The minimum atomic E-state index is -0.454. The molecular weight excluding hydrogens is 292 g/mol. The van der Waals surface area contributed by atoms with E-state index in [4.69, 9.17) is 9.15 Å². The summed E-state index contributed by atoms with van der Waals surface area (Å²) in [6.07, 6.45) is 0. The summed E-state index contributed by atoms with van der Waals surface area (Å²) in [6.45, 7) is 3.86. The van der Waals surface area contributed by atoms with Crippen molar-refractivity contribution in [3.63, 3.8) is 0 Å². The van der Waals surface area contributed by atoms with Gasteiger partial charge >= 0.3 is 11.6 Å². The largest absolute Gasteiger partial charge is 0.457 e. The second kappa shape index (κ2) is 6.08. The molecule has 0 radical (unpaired) electrons. The highest BCUT2D eigenvalue weighted by Crippen LogP contribution is 2.19. The number of benzene rings is 2. The van der Waals surface area contributed by atoms with E-state index in [1.165, 1.54) is 6.07 Å². The van der Waals surface area contributed by atoms with E-state index < -0.39 is 11.6 Å². The van der Waals surface area contributed by atoms with Crippen LogP contribution >= 0.6 is 0 Å². The van der Waals surface area contributed by atoms with Crippen LogP contribution in [0.1, 0.15) is 27.0 Å². The van der Waals surface area contributed by atoms with Crippen LogP contribution in [0.3, 0.4) is 0 Å². The Hall–Kier alpha value is -2.88. The maximum Gasteiger partial charge on any atom is 0.338 e. The van der Waals surface area contributed by atoms with E-state index in [-0.39, 0.29) is 6.61 Å². The molecule has 0 aliphatic carbocycles. The van der Waals surface area contributed by atoms with Gasteiger partial charge in [-0.3, -0.25) is 0 Å². The number of carbonyl (C=O) groups excluding carboxylic acids is 1. The van der Waals surface area contributed by atoms with Crippen molar-refractivity contribution in [1.82, 2.24) is 0 Å². The van der Waals surface area contributed by atoms with Crippen molar-refractivity contribution < 1.29 is 13.9 Å². The molecule has 0 atom stereocenters. The number of hydrogen-bond donors (Lipinski definition) is 0. The zero-order valence-corrected chi connectivity index (χ0v) is 13.0. The van der Waals surface area contributed by atoms with Crippen LogP contribution in [0.5, 0.6) is 0 Å². The molecule has 0 N–H and O–H groups in total. The summed E-state index contributed by atoms with van der Waals surface area (Å²) in [4.78, 5) is 23.8. The first-order valence-electron chi connectivity index (χ1n) is 7.30. The lowest BCUT2D eigenvalue weighted by molar-refractivity contribution is 0.0473. The molecule has 1 aromatic heterocycles. The Morgan fingerprint density at radius 1 is 1.04 bits per heavy atom. The molecule has 0 saturated heterocycles. The molecule has 3 rings (SSSR count). The number of rotatable bonds is 3. The number of esters is 1. The summed E-state index contributed by atoms with van der Waals surface area (Å²) < 4.78 is 10.5. The van der Waals surface area contributed by atoms with E-state index in [9.17, 15) is 9.59 Å². The van der Waals surface area contributed by atoms with Crippen molar-refractivity contribution in [1.29, 1.82) is 0 Å². The van der Waals surface area contributed by atoms with Crippen molar-refractivity contribution in [2.24, 2.45) is 0 Å². The number of aryl methyl sites for hydroxylation is 2. The van der Waals surface area contributed by atoms with Crippen LogP contribution in [0.4, 0.5) is 0 Å². The van der Waals surface area contributed by atoms with Crippen molar-refractivity contribution in [3.05, 3.63) is 81.2 Å². The molecule has 0 amide bonds. The van der Waals surface area contributed by atoms with E-state index in [2.05, 4.69) is 0 Å². The minimum Gasteiger partial charge on any atom is -0.457 e. The quantitative estimate of drug-likeness (QED) is 0.546. The summed E-state index contributed by atoms with van der Waals surface area (Å²) >= 11 is 0. The second-order valence-electron chi connectivity index (χ2n) is 5.54. The zero-order chi connectivity index (χ0) is 16.4. The predicted molar refractivity (Wildman–Crippen MR) is 87.5 cm³/mol. The Balaban J connectivity index is 1.87. The highest BCUT2D eigenvalue weighted by molar-refractivity contribution is 5.89. The molecule has 0 aliphatic heterocycles. The van der Waals surface area contributed by atoms with Crippen LogP contribution in [0.2, 0.25) is 0 Å². The molecule has 0 spiro atoms. The van der Waals surface area contributed by atoms with E-state index in [0.717, 1.165) is 16.5 Å². The Morgan fingerprint density at radius 2 is 1.83 bits per heavy atom. The average Bonchev–Trinajstić information content (AvgIpc) is 2.51.